The van der Waals surface area contributed by atoms with Crippen molar-refractivity contribution < 1.29 is 27.3 Å². The number of nitrogens with zero attached hydrogens (tertiary/aromatic N) is 1. The minimum atomic E-state index is -4.66. The normalized spacial score (nSPS) is 18.4. The number of carbonyl (C=O) groups is 1. The van der Waals surface area contributed by atoms with Crippen LogP contribution in [0.4, 0.5) is 19.0 Å². The average molecular weight is 336 g/mol. The predicted octanol–water partition coefficient (Wildman–Crippen LogP) is 2.51. The fourth-order valence-electron chi connectivity index (χ4n) is 2.31. The molecule has 0 amide bonds. The molecule has 1 heterocycles. The van der Waals surface area contributed by atoms with Crippen molar-refractivity contribution in [1.29, 1.82) is 0 Å². The third-order valence-electron chi connectivity index (χ3n) is 3.87. The summed E-state index contributed by atoms with van der Waals surface area (Å²) in [5, 5.41) is 11.7. The zero-order chi connectivity index (χ0) is 16.5. The van der Waals surface area contributed by atoms with Crippen LogP contribution in [0.1, 0.15) is 35.3 Å². The Morgan fingerprint density at radius 1 is 1.45 bits per heavy atom. The second-order valence-corrected chi connectivity index (χ2v) is 7.01. The lowest BCUT2D eigenvalue weighted by Crippen LogP contribution is -2.47. The highest BCUT2D eigenvalue weighted by Crippen LogP contribution is 2.37. The Hall–Kier alpha value is -1.64. The van der Waals surface area contributed by atoms with Crippen LogP contribution in [-0.2, 0) is 17.0 Å². The number of nitrogens with one attached hydrogen (secondary N) is 1. The smallest absolute Gasteiger partial charge is 0.433 e. The summed E-state index contributed by atoms with van der Waals surface area (Å²) in [4.78, 5) is 14.5. The summed E-state index contributed by atoms with van der Waals surface area (Å²) in [5.41, 5.74) is -1.51. The van der Waals surface area contributed by atoms with Crippen LogP contribution in [0.2, 0.25) is 0 Å². The quantitative estimate of drug-likeness (QED) is 0.864. The van der Waals surface area contributed by atoms with Crippen LogP contribution in [-0.4, -0.2) is 37.8 Å². The second-order valence-electron chi connectivity index (χ2n) is 5.24. The van der Waals surface area contributed by atoms with Gasteiger partial charge in [-0.25, -0.2) is 9.78 Å². The lowest BCUT2D eigenvalue weighted by Gasteiger charge is -2.40. The van der Waals surface area contributed by atoms with Crippen LogP contribution in [0.25, 0.3) is 0 Å². The zero-order valence-corrected chi connectivity index (χ0v) is 12.6. The highest BCUT2D eigenvalue weighted by molar-refractivity contribution is 7.85. The third-order valence-corrected chi connectivity index (χ3v) is 5.64. The number of alkyl halides is 3. The molecule has 0 aliphatic heterocycles. The molecule has 122 valence electrons. The molecule has 1 aromatic heterocycles. The molecule has 22 heavy (non-hydrogen) atoms. The molecule has 5 nitrogen and oxygen atoms in total. The van der Waals surface area contributed by atoms with E-state index in [0.29, 0.717) is 18.9 Å². The molecule has 1 aromatic rings. The number of rotatable bonds is 5. The molecule has 1 atom stereocenters. The Balaban J connectivity index is 2.28. The van der Waals surface area contributed by atoms with Crippen LogP contribution in [0.3, 0.4) is 0 Å². The summed E-state index contributed by atoms with van der Waals surface area (Å²) >= 11 is 0. The Labute approximate surface area is 127 Å². The Bertz CT molecular complexity index is 615. The molecule has 2 N–H and O–H groups in total. The second kappa shape index (κ2) is 5.86. The van der Waals surface area contributed by atoms with Crippen LogP contribution >= 0.6 is 0 Å². The van der Waals surface area contributed by atoms with E-state index >= 15 is 0 Å². The van der Waals surface area contributed by atoms with Gasteiger partial charge in [0.15, 0.2) is 0 Å². The van der Waals surface area contributed by atoms with Crippen molar-refractivity contribution in [2.75, 3.05) is 18.1 Å². The van der Waals surface area contributed by atoms with Crippen LogP contribution < -0.4 is 5.32 Å². The number of halogens is 3. The van der Waals surface area contributed by atoms with Crippen molar-refractivity contribution in [1.82, 2.24) is 4.98 Å². The molecule has 1 aliphatic carbocycles. The first-order valence-corrected chi connectivity index (χ1v) is 8.10. The lowest BCUT2D eigenvalue weighted by atomic mass is 9.84. The molecule has 0 radical (unpaired) electrons. The van der Waals surface area contributed by atoms with E-state index < -0.39 is 33.4 Å². The Morgan fingerprint density at radius 2 is 2.09 bits per heavy atom. The number of aromatic nitrogens is 1. The summed E-state index contributed by atoms with van der Waals surface area (Å²) in [6.07, 6.45) is -0.855. The fourth-order valence-corrected chi connectivity index (χ4v) is 3.45. The van der Waals surface area contributed by atoms with Gasteiger partial charge >= 0.3 is 12.1 Å². The molecule has 1 fully saturated rings. The van der Waals surface area contributed by atoms with E-state index in [9.17, 15) is 22.2 Å². The summed E-state index contributed by atoms with van der Waals surface area (Å²) in [5.74, 6) is -1.72. The summed E-state index contributed by atoms with van der Waals surface area (Å²) < 4.78 is 49.3. The maximum atomic E-state index is 12.7. The van der Waals surface area contributed by atoms with E-state index in [4.69, 9.17) is 5.11 Å². The van der Waals surface area contributed by atoms with Crippen LogP contribution in [0.15, 0.2) is 12.1 Å². The standard InChI is InChI=1S/C13H15F3N2O3S/c1-22(21)12(5-2-6-12)7-17-10-8(11(19)20)3-4-9(18-10)13(14,15)16/h3-4H,2,5-7H2,1H3,(H,17,18)(H,19,20). The fraction of sp³-hybridized carbons (Fsp3) is 0.538. The molecule has 1 unspecified atom stereocenters. The molecule has 0 spiro atoms. The summed E-state index contributed by atoms with van der Waals surface area (Å²) in [7, 11) is -1.16. The summed E-state index contributed by atoms with van der Waals surface area (Å²) in [6, 6.07) is 1.50. The van der Waals surface area contributed by atoms with E-state index in [1.807, 2.05) is 0 Å². The lowest BCUT2D eigenvalue weighted by molar-refractivity contribution is -0.141. The van der Waals surface area contributed by atoms with Gasteiger partial charge in [-0.3, -0.25) is 4.21 Å². The Morgan fingerprint density at radius 3 is 2.50 bits per heavy atom. The average Bonchev–Trinajstić information content (AvgIpc) is 2.35. The van der Waals surface area contributed by atoms with Gasteiger partial charge in [-0.1, -0.05) is 6.42 Å². The van der Waals surface area contributed by atoms with Crippen molar-refractivity contribution in [2.45, 2.75) is 30.2 Å². The predicted molar refractivity (Wildman–Crippen MR) is 75.3 cm³/mol. The number of hydrogen-bond donors (Lipinski definition) is 2. The van der Waals surface area contributed by atoms with Gasteiger partial charge in [0.1, 0.15) is 17.1 Å². The first-order chi connectivity index (χ1) is 10.2. The number of carboxylic acid groups (broad SMARTS) is 1. The van der Waals surface area contributed by atoms with Crippen molar-refractivity contribution in [3.05, 3.63) is 23.4 Å². The summed E-state index contributed by atoms with van der Waals surface area (Å²) in [6.45, 7) is 0.130. The molecule has 0 aromatic carbocycles. The number of pyridine rings is 1. The van der Waals surface area contributed by atoms with Gasteiger partial charge in [0.05, 0.1) is 4.75 Å². The first kappa shape index (κ1) is 16.7. The first-order valence-electron chi connectivity index (χ1n) is 6.55. The van der Waals surface area contributed by atoms with Gasteiger partial charge in [-0.2, -0.15) is 13.2 Å². The zero-order valence-electron chi connectivity index (χ0n) is 11.7. The molecule has 0 bridgehead atoms. The van der Waals surface area contributed by atoms with Crippen molar-refractivity contribution in [2.24, 2.45) is 0 Å². The maximum Gasteiger partial charge on any atom is 0.433 e. The number of anilines is 1. The van der Waals surface area contributed by atoms with Gasteiger partial charge < -0.3 is 10.4 Å². The SMILES string of the molecule is CS(=O)C1(CNc2nc(C(F)(F)F)ccc2C(=O)O)CCC1. The van der Waals surface area contributed by atoms with Gasteiger partial charge in [-0.05, 0) is 25.0 Å². The molecular weight excluding hydrogens is 321 g/mol. The maximum absolute atomic E-state index is 12.7. The minimum Gasteiger partial charge on any atom is -0.478 e. The molecule has 2 rings (SSSR count). The number of aromatic carboxylic acids is 1. The third kappa shape index (κ3) is 3.23. The van der Waals surface area contributed by atoms with Gasteiger partial charge in [0.2, 0.25) is 0 Å². The molecule has 9 heteroatoms. The van der Waals surface area contributed by atoms with Gasteiger partial charge in [0.25, 0.3) is 0 Å². The van der Waals surface area contributed by atoms with Crippen LogP contribution in [0.5, 0.6) is 0 Å². The minimum absolute atomic E-state index is 0.130. The van der Waals surface area contributed by atoms with Gasteiger partial charge in [0, 0.05) is 23.6 Å². The molecule has 0 saturated heterocycles. The highest BCUT2D eigenvalue weighted by Gasteiger charge is 2.41. The van der Waals surface area contributed by atoms with E-state index in [0.717, 1.165) is 12.5 Å². The number of hydrogen-bond acceptors (Lipinski definition) is 4. The topological polar surface area (TPSA) is 79.3 Å². The van der Waals surface area contributed by atoms with Crippen LogP contribution in [0, 0.1) is 0 Å². The highest BCUT2D eigenvalue weighted by atomic mass is 32.2. The molecular formula is C13H15F3N2O3S. The Kier molecular flexibility index (Phi) is 4.46. The van der Waals surface area contributed by atoms with Gasteiger partial charge in [-0.15, -0.1) is 0 Å². The monoisotopic (exact) mass is 336 g/mol. The van der Waals surface area contributed by atoms with Crippen molar-refractivity contribution in [3.63, 3.8) is 0 Å². The van der Waals surface area contributed by atoms with Crippen molar-refractivity contribution >= 4 is 22.6 Å². The van der Waals surface area contributed by atoms with E-state index in [1.165, 1.54) is 0 Å². The molecule has 1 saturated carbocycles. The van der Waals surface area contributed by atoms with Crippen molar-refractivity contribution in [3.8, 4) is 0 Å². The van der Waals surface area contributed by atoms with E-state index in [1.54, 1.807) is 6.26 Å². The number of carboxylic acids is 1. The van der Waals surface area contributed by atoms with E-state index in [-0.39, 0.29) is 17.9 Å². The molecule has 1 aliphatic rings. The van der Waals surface area contributed by atoms with E-state index in [2.05, 4.69) is 10.3 Å². The largest absolute Gasteiger partial charge is 0.478 e.